The van der Waals surface area contributed by atoms with E-state index >= 15 is 0 Å². The zero-order chi connectivity index (χ0) is 19.7. The van der Waals surface area contributed by atoms with E-state index in [-0.39, 0.29) is 0 Å². The lowest BCUT2D eigenvalue weighted by Gasteiger charge is -2.13. The maximum Gasteiger partial charge on any atom is 0.212 e. The second-order valence-corrected chi connectivity index (χ2v) is 7.46. The number of hydrogen-bond acceptors (Lipinski definition) is 0. The summed E-state index contributed by atoms with van der Waals surface area (Å²) in [5.74, 6) is 0. The third kappa shape index (κ3) is 3.34. The molecule has 0 aliphatic carbocycles. The molecular formula is C26H26N2+2. The monoisotopic (exact) mass is 366 g/mol. The van der Waals surface area contributed by atoms with Crippen molar-refractivity contribution in [2.24, 2.45) is 14.1 Å². The average Bonchev–Trinajstić information content (AvgIpc) is 2.70. The van der Waals surface area contributed by atoms with E-state index < -0.39 is 0 Å². The van der Waals surface area contributed by atoms with E-state index in [1.54, 1.807) is 0 Å². The van der Waals surface area contributed by atoms with Gasteiger partial charge in [-0.3, -0.25) is 0 Å². The van der Waals surface area contributed by atoms with Crippen LogP contribution in [-0.4, -0.2) is 0 Å². The molecular weight excluding hydrogens is 340 g/mol. The van der Waals surface area contributed by atoms with E-state index in [1.165, 1.54) is 44.8 Å². The SMILES string of the molecule is Cc1ccc(-c2cc(-c3cccc[n+]3C)c(C)c(-c3cccc[n+]3C)c2)cc1. The lowest BCUT2D eigenvalue weighted by Crippen LogP contribution is -2.31. The summed E-state index contributed by atoms with van der Waals surface area (Å²) in [5, 5.41) is 0. The molecule has 2 heteroatoms. The molecule has 138 valence electrons. The second-order valence-electron chi connectivity index (χ2n) is 7.46. The van der Waals surface area contributed by atoms with Gasteiger partial charge in [0.1, 0.15) is 14.1 Å². The topological polar surface area (TPSA) is 7.76 Å². The van der Waals surface area contributed by atoms with Gasteiger partial charge in [0.2, 0.25) is 11.4 Å². The molecule has 2 nitrogen and oxygen atoms in total. The minimum Gasteiger partial charge on any atom is -0.201 e. The molecule has 2 heterocycles. The lowest BCUT2D eigenvalue weighted by molar-refractivity contribution is -0.660. The Morgan fingerprint density at radius 1 is 0.571 bits per heavy atom. The molecule has 0 saturated carbocycles. The highest BCUT2D eigenvalue weighted by molar-refractivity contribution is 5.81. The zero-order valence-corrected chi connectivity index (χ0v) is 17.0. The van der Waals surface area contributed by atoms with Crippen molar-refractivity contribution in [1.29, 1.82) is 0 Å². The van der Waals surface area contributed by atoms with Crippen LogP contribution in [0.2, 0.25) is 0 Å². The Balaban J connectivity index is 2.02. The molecule has 0 spiro atoms. The molecule has 2 aromatic heterocycles. The van der Waals surface area contributed by atoms with Crippen LogP contribution < -0.4 is 9.13 Å². The summed E-state index contributed by atoms with van der Waals surface area (Å²) in [5.41, 5.74) is 10.0. The van der Waals surface area contributed by atoms with Gasteiger partial charge in [0.15, 0.2) is 12.4 Å². The fraction of sp³-hybridized carbons (Fsp3) is 0.154. The van der Waals surface area contributed by atoms with E-state index in [2.05, 4.69) is 122 Å². The van der Waals surface area contributed by atoms with Crippen LogP contribution in [0.4, 0.5) is 0 Å². The Labute approximate surface area is 167 Å². The van der Waals surface area contributed by atoms with Gasteiger partial charge in [0, 0.05) is 24.3 Å². The summed E-state index contributed by atoms with van der Waals surface area (Å²) in [7, 11) is 4.21. The summed E-state index contributed by atoms with van der Waals surface area (Å²) >= 11 is 0. The fourth-order valence-corrected chi connectivity index (χ4v) is 3.77. The molecule has 2 aromatic carbocycles. The third-order valence-corrected chi connectivity index (χ3v) is 5.45. The van der Waals surface area contributed by atoms with Crippen molar-refractivity contribution in [1.82, 2.24) is 0 Å². The van der Waals surface area contributed by atoms with Crippen LogP contribution >= 0.6 is 0 Å². The smallest absolute Gasteiger partial charge is 0.201 e. The average molecular weight is 367 g/mol. The summed E-state index contributed by atoms with van der Waals surface area (Å²) in [6.07, 6.45) is 4.21. The van der Waals surface area contributed by atoms with Crippen LogP contribution in [-0.2, 0) is 14.1 Å². The molecule has 0 unspecified atom stereocenters. The molecule has 28 heavy (non-hydrogen) atoms. The van der Waals surface area contributed by atoms with Crippen molar-refractivity contribution < 1.29 is 9.13 Å². The summed E-state index contributed by atoms with van der Waals surface area (Å²) in [4.78, 5) is 0. The number of nitrogens with zero attached hydrogens (tertiary/aromatic N) is 2. The van der Waals surface area contributed by atoms with Crippen LogP contribution in [0.3, 0.4) is 0 Å². The van der Waals surface area contributed by atoms with Crippen molar-refractivity contribution in [3.05, 3.63) is 96.3 Å². The van der Waals surface area contributed by atoms with Gasteiger partial charge in [-0.1, -0.05) is 29.8 Å². The minimum atomic E-state index is 1.22. The Bertz CT molecular complexity index is 1070. The van der Waals surface area contributed by atoms with Gasteiger partial charge in [-0.05, 0) is 54.8 Å². The van der Waals surface area contributed by atoms with Gasteiger partial charge in [-0.15, -0.1) is 0 Å². The van der Waals surface area contributed by atoms with Crippen molar-refractivity contribution in [2.45, 2.75) is 13.8 Å². The number of aromatic nitrogens is 2. The first kappa shape index (κ1) is 18.1. The highest BCUT2D eigenvalue weighted by atomic mass is 14.9. The molecule has 0 saturated heterocycles. The van der Waals surface area contributed by atoms with Crippen LogP contribution in [0.5, 0.6) is 0 Å². The van der Waals surface area contributed by atoms with Crippen molar-refractivity contribution in [3.8, 4) is 33.6 Å². The quantitative estimate of drug-likeness (QED) is 0.453. The Hall–Kier alpha value is -3.26. The molecule has 0 aliphatic heterocycles. The summed E-state index contributed by atoms with van der Waals surface area (Å²) in [6, 6.07) is 26.2. The number of hydrogen-bond donors (Lipinski definition) is 0. The second kappa shape index (κ2) is 7.40. The highest BCUT2D eigenvalue weighted by Gasteiger charge is 2.20. The van der Waals surface area contributed by atoms with Gasteiger partial charge < -0.3 is 0 Å². The first-order valence-electron chi connectivity index (χ1n) is 9.66. The van der Waals surface area contributed by atoms with Crippen molar-refractivity contribution >= 4 is 0 Å². The molecule has 0 fully saturated rings. The van der Waals surface area contributed by atoms with Gasteiger partial charge in [0.05, 0.1) is 11.1 Å². The maximum absolute atomic E-state index is 2.32. The molecule has 0 aliphatic rings. The van der Waals surface area contributed by atoms with Gasteiger partial charge >= 0.3 is 0 Å². The predicted octanol–water partition coefficient (Wildman–Crippen LogP) is 4.95. The molecule has 0 N–H and O–H groups in total. The maximum atomic E-state index is 2.32. The molecule has 4 rings (SSSR count). The summed E-state index contributed by atoms with van der Waals surface area (Å²) < 4.78 is 4.38. The fourth-order valence-electron chi connectivity index (χ4n) is 3.77. The molecule has 0 atom stereocenters. The number of aryl methyl sites for hydroxylation is 3. The number of pyridine rings is 2. The highest BCUT2D eigenvalue weighted by Crippen LogP contribution is 2.34. The van der Waals surface area contributed by atoms with Crippen LogP contribution in [0.25, 0.3) is 33.6 Å². The van der Waals surface area contributed by atoms with E-state index in [0.29, 0.717) is 0 Å². The largest absolute Gasteiger partial charge is 0.212 e. The van der Waals surface area contributed by atoms with E-state index in [4.69, 9.17) is 0 Å². The first-order chi connectivity index (χ1) is 13.5. The Morgan fingerprint density at radius 2 is 1.07 bits per heavy atom. The van der Waals surface area contributed by atoms with Gasteiger partial charge in [-0.25, -0.2) is 9.13 Å². The Kier molecular flexibility index (Phi) is 4.79. The van der Waals surface area contributed by atoms with Crippen molar-refractivity contribution in [2.75, 3.05) is 0 Å². The molecule has 0 bridgehead atoms. The normalized spacial score (nSPS) is 10.9. The summed E-state index contributed by atoms with van der Waals surface area (Å²) in [6.45, 7) is 4.35. The van der Waals surface area contributed by atoms with Crippen molar-refractivity contribution in [3.63, 3.8) is 0 Å². The minimum absolute atomic E-state index is 1.22. The van der Waals surface area contributed by atoms with E-state index in [0.717, 1.165) is 0 Å². The van der Waals surface area contributed by atoms with Crippen LogP contribution in [0.1, 0.15) is 11.1 Å². The van der Waals surface area contributed by atoms with E-state index in [1.807, 2.05) is 0 Å². The molecule has 0 radical (unpaired) electrons. The number of rotatable bonds is 3. The van der Waals surface area contributed by atoms with Crippen LogP contribution in [0.15, 0.2) is 85.2 Å². The molecule has 4 aromatic rings. The standard InChI is InChI=1S/C26H26N2/c1-19-11-13-21(14-12-19)22-17-23(25-9-5-7-15-27(25)3)20(2)24(18-22)26-10-6-8-16-28(26)4/h5-18H,1-4H3/q+2. The predicted molar refractivity (Wildman–Crippen MR) is 115 cm³/mol. The molecule has 0 amide bonds. The van der Waals surface area contributed by atoms with Gasteiger partial charge in [0.25, 0.3) is 0 Å². The lowest BCUT2D eigenvalue weighted by atomic mass is 9.91. The third-order valence-electron chi connectivity index (χ3n) is 5.45. The Morgan fingerprint density at radius 3 is 1.54 bits per heavy atom. The number of benzene rings is 2. The van der Waals surface area contributed by atoms with Gasteiger partial charge in [-0.2, -0.15) is 0 Å². The van der Waals surface area contributed by atoms with Crippen LogP contribution in [0, 0.1) is 13.8 Å². The zero-order valence-electron chi connectivity index (χ0n) is 17.0. The first-order valence-corrected chi connectivity index (χ1v) is 9.66. The van der Waals surface area contributed by atoms with E-state index in [9.17, 15) is 0 Å².